The van der Waals surface area contributed by atoms with Crippen molar-refractivity contribution in [1.29, 1.82) is 0 Å². The summed E-state index contributed by atoms with van der Waals surface area (Å²) in [6, 6.07) is 11.5. The predicted molar refractivity (Wildman–Crippen MR) is 106 cm³/mol. The second kappa shape index (κ2) is 9.63. The molecule has 0 saturated heterocycles. The lowest BCUT2D eigenvalue weighted by Gasteiger charge is -2.06. The number of nitrogens with zero attached hydrogens (tertiary/aromatic N) is 1. The van der Waals surface area contributed by atoms with Gasteiger partial charge < -0.3 is 10.1 Å². The molecule has 0 saturated carbocycles. The lowest BCUT2D eigenvalue weighted by Crippen LogP contribution is -2.18. The van der Waals surface area contributed by atoms with E-state index in [9.17, 15) is 14.4 Å². The first-order valence-corrected chi connectivity index (χ1v) is 8.89. The van der Waals surface area contributed by atoms with Crippen molar-refractivity contribution < 1.29 is 19.1 Å². The molecule has 0 atom stereocenters. The number of carbonyl (C=O) groups excluding carboxylic acids is 3. The number of esters is 1. The minimum absolute atomic E-state index is 0.102. The van der Waals surface area contributed by atoms with Crippen LogP contribution in [0, 0.1) is 0 Å². The fourth-order valence-corrected chi connectivity index (χ4v) is 2.43. The highest BCUT2D eigenvalue weighted by Gasteiger charge is 2.07. The van der Waals surface area contributed by atoms with Gasteiger partial charge >= 0.3 is 5.97 Å². The highest BCUT2D eigenvalue weighted by atomic mass is 79.9. The van der Waals surface area contributed by atoms with E-state index in [1.54, 1.807) is 49.4 Å². The number of anilines is 1. The third-order valence-corrected chi connectivity index (χ3v) is 3.84. The number of benzene rings is 2. The minimum Gasteiger partial charge on any atom is -0.426 e. The van der Waals surface area contributed by atoms with E-state index in [4.69, 9.17) is 4.74 Å². The van der Waals surface area contributed by atoms with Crippen molar-refractivity contribution in [3.63, 3.8) is 0 Å². The Balaban J connectivity index is 2.04. The Kier molecular flexibility index (Phi) is 7.25. The van der Waals surface area contributed by atoms with Gasteiger partial charge in [-0.05, 0) is 42.5 Å². The van der Waals surface area contributed by atoms with E-state index in [0.717, 1.165) is 4.47 Å². The normalized spacial score (nSPS) is 10.5. The van der Waals surface area contributed by atoms with Crippen LogP contribution < -0.4 is 15.5 Å². The van der Waals surface area contributed by atoms with Gasteiger partial charge in [0.05, 0.1) is 6.21 Å². The van der Waals surface area contributed by atoms with Crippen molar-refractivity contribution in [3.05, 3.63) is 58.1 Å². The molecule has 2 rings (SSSR count). The monoisotopic (exact) mass is 431 g/mol. The molecule has 0 aliphatic heterocycles. The molecule has 2 amide bonds. The molecule has 0 heterocycles. The topological polar surface area (TPSA) is 96.9 Å². The van der Waals surface area contributed by atoms with Gasteiger partial charge in [-0.2, -0.15) is 5.10 Å². The molecule has 0 radical (unpaired) electrons. The summed E-state index contributed by atoms with van der Waals surface area (Å²) in [4.78, 5) is 34.7. The Morgan fingerprint density at radius 3 is 2.48 bits per heavy atom. The molecule has 2 N–H and O–H groups in total. The molecule has 0 spiro atoms. The number of hydrogen-bond acceptors (Lipinski definition) is 5. The van der Waals surface area contributed by atoms with Crippen LogP contribution >= 0.6 is 15.9 Å². The summed E-state index contributed by atoms with van der Waals surface area (Å²) in [5.74, 6) is -0.635. The second-order valence-corrected chi connectivity index (χ2v) is 6.37. The van der Waals surface area contributed by atoms with Gasteiger partial charge in [-0.15, -0.1) is 0 Å². The van der Waals surface area contributed by atoms with E-state index >= 15 is 0 Å². The van der Waals surface area contributed by atoms with Crippen LogP contribution in [-0.2, 0) is 9.59 Å². The first kappa shape index (κ1) is 20.3. The summed E-state index contributed by atoms with van der Waals surface area (Å²) in [6.07, 6.45) is 1.76. The number of hydrogen-bond donors (Lipinski definition) is 2. The van der Waals surface area contributed by atoms with Crippen molar-refractivity contribution in [2.75, 3.05) is 5.32 Å². The second-order valence-electron chi connectivity index (χ2n) is 5.45. The maximum absolute atomic E-state index is 12.1. The maximum atomic E-state index is 12.1. The summed E-state index contributed by atoms with van der Waals surface area (Å²) >= 11 is 3.33. The van der Waals surface area contributed by atoms with Crippen LogP contribution in [0.4, 0.5) is 5.69 Å². The fourth-order valence-electron chi connectivity index (χ4n) is 2.05. The first-order valence-electron chi connectivity index (χ1n) is 8.10. The van der Waals surface area contributed by atoms with Gasteiger partial charge in [0.15, 0.2) is 0 Å². The van der Waals surface area contributed by atoms with Crippen molar-refractivity contribution in [2.24, 2.45) is 5.10 Å². The summed E-state index contributed by atoms with van der Waals surface area (Å²) in [7, 11) is 0. The molecule has 0 bridgehead atoms. The largest absolute Gasteiger partial charge is 0.426 e. The zero-order valence-corrected chi connectivity index (χ0v) is 16.4. The van der Waals surface area contributed by atoms with Crippen LogP contribution in [0.1, 0.15) is 36.2 Å². The molecule has 0 aliphatic rings. The van der Waals surface area contributed by atoms with Gasteiger partial charge in [0.25, 0.3) is 5.91 Å². The number of amides is 2. The Bertz CT molecular complexity index is 879. The van der Waals surface area contributed by atoms with Crippen molar-refractivity contribution in [1.82, 2.24) is 5.43 Å². The van der Waals surface area contributed by atoms with E-state index in [1.165, 1.54) is 13.1 Å². The van der Waals surface area contributed by atoms with E-state index in [1.807, 2.05) is 0 Å². The lowest BCUT2D eigenvalue weighted by atomic mass is 10.2. The van der Waals surface area contributed by atoms with Gasteiger partial charge in [-0.25, -0.2) is 5.43 Å². The third kappa shape index (κ3) is 6.34. The minimum atomic E-state index is -0.453. The van der Waals surface area contributed by atoms with Crippen LogP contribution in [0.3, 0.4) is 0 Å². The Morgan fingerprint density at radius 1 is 1.15 bits per heavy atom. The molecule has 2 aromatic carbocycles. The van der Waals surface area contributed by atoms with Crippen LogP contribution in [0.25, 0.3) is 0 Å². The van der Waals surface area contributed by atoms with Crippen LogP contribution in [-0.4, -0.2) is 24.0 Å². The number of nitrogens with one attached hydrogen (secondary N) is 2. The Hall–Kier alpha value is -3.00. The fraction of sp³-hybridized carbons (Fsp3) is 0.158. The third-order valence-electron chi connectivity index (χ3n) is 3.35. The van der Waals surface area contributed by atoms with E-state index in [2.05, 4.69) is 31.8 Å². The molecule has 7 nitrogen and oxygen atoms in total. The molecule has 27 heavy (non-hydrogen) atoms. The predicted octanol–water partition coefficient (Wildman–Crippen LogP) is 3.49. The van der Waals surface area contributed by atoms with E-state index < -0.39 is 11.9 Å². The van der Waals surface area contributed by atoms with Gasteiger partial charge in [-0.3, -0.25) is 14.4 Å². The SMILES string of the molecule is CCC(=O)Nc1ccc(C(=O)N/N=C\c2cc(Br)ccc2OC(C)=O)cc1. The Morgan fingerprint density at radius 2 is 1.85 bits per heavy atom. The molecule has 2 aromatic rings. The molecular weight excluding hydrogens is 414 g/mol. The van der Waals surface area contributed by atoms with Crippen LogP contribution in [0.15, 0.2) is 52.0 Å². The van der Waals surface area contributed by atoms with Crippen molar-refractivity contribution in [3.8, 4) is 5.75 Å². The molecule has 140 valence electrons. The lowest BCUT2D eigenvalue weighted by molar-refractivity contribution is -0.131. The smallest absolute Gasteiger partial charge is 0.308 e. The quantitative estimate of drug-likeness (QED) is 0.316. The molecule has 0 aromatic heterocycles. The molecular formula is C19H18BrN3O4. The average Bonchev–Trinajstić information content (AvgIpc) is 2.64. The van der Waals surface area contributed by atoms with Crippen LogP contribution in [0.5, 0.6) is 5.75 Å². The number of hydrazone groups is 1. The summed E-state index contributed by atoms with van der Waals surface area (Å²) in [6.45, 7) is 3.06. The van der Waals surface area contributed by atoms with Gasteiger partial charge in [-0.1, -0.05) is 22.9 Å². The van der Waals surface area contributed by atoms with E-state index in [-0.39, 0.29) is 5.91 Å². The molecule has 0 unspecified atom stereocenters. The first-order chi connectivity index (χ1) is 12.9. The van der Waals surface area contributed by atoms with Gasteiger partial charge in [0, 0.05) is 34.6 Å². The summed E-state index contributed by atoms with van der Waals surface area (Å²) in [5, 5.41) is 6.61. The number of ether oxygens (including phenoxy) is 1. The zero-order chi connectivity index (χ0) is 19.8. The number of halogens is 1. The highest BCUT2D eigenvalue weighted by molar-refractivity contribution is 9.10. The van der Waals surface area contributed by atoms with Gasteiger partial charge in [0.1, 0.15) is 5.75 Å². The standard InChI is InChI=1S/C19H18BrN3O4/c1-3-18(25)22-16-7-4-13(5-8-16)19(26)23-21-11-14-10-15(20)6-9-17(14)27-12(2)24/h4-11H,3H2,1-2H3,(H,22,25)(H,23,26)/b21-11-. The van der Waals surface area contributed by atoms with Crippen molar-refractivity contribution >= 4 is 45.6 Å². The van der Waals surface area contributed by atoms with Crippen LogP contribution in [0.2, 0.25) is 0 Å². The maximum Gasteiger partial charge on any atom is 0.308 e. The highest BCUT2D eigenvalue weighted by Crippen LogP contribution is 2.22. The van der Waals surface area contributed by atoms with Gasteiger partial charge in [0.2, 0.25) is 5.91 Å². The molecule has 0 aliphatic carbocycles. The summed E-state index contributed by atoms with van der Waals surface area (Å²) in [5.41, 5.74) is 3.93. The number of rotatable bonds is 6. The summed E-state index contributed by atoms with van der Waals surface area (Å²) < 4.78 is 5.87. The molecule has 0 fully saturated rings. The average molecular weight is 432 g/mol. The number of carbonyl (C=O) groups is 3. The molecule has 8 heteroatoms. The van der Waals surface area contributed by atoms with Crippen molar-refractivity contribution in [2.45, 2.75) is 20.3 Å². The zero-order valence-electron chi connectivity index (χ0n) is 14.8. The Labute approximate surface area is 164 Å². The van der Waals surface area contributed by atoms with E-state index in [0.29, 0.717) is 29.0 Å².